The Hall–Kier alpha value is -1.17. The first-order chi connectivity index (χ1) is 5.66. The molecule has 0 heterocycles. The molecule has 0 saturated carbocycles. The van der Waals surface area contributed by atoms with Crippen LogP contribution in [-0.4, -0.2) is 24.4 Å². The summed E-state index contributed by atoms with van der Waals surface area (Å²) >= 11 is 4.48. The van der Waals surface area contributed by atoms with Gasteiger partial charge in [-0.3, -0.25) is 10.2 Å². The normalized spacial score (nSPS) is 9.75. The molecule has 0 aliphatic rings. The molecule has 0 aromatic heterocycles. The number of rotatable bonds is 4. The van der Waals surface area contributed by atoms with E-state index in [0.29, 0.717) is 12.8 Å². The van der Waals surface area contributed by atoms with Crippen molar-refractivity contribution in [1.29, 1.82) is 0 Å². The minimum absolute atomic E-state index is 0.101. The molecular formula is C6H11N3O2S. The first-order valence-electron chi connectivity index (χ1n) is 3.30. The molecule has 5 nitrogen and oxygen atoms in total. The molecule has 6 heteroatoms. The Labute approximate surface area is 76.0 Å². The number of nitrogens with one attached hydrogen (secondary N) is 1. The number of hydrogen-bond donors (Lipinski definition) is 2. The van der Waals surface area contributed by atoms with Gasteiger partial charge in [0.15, 0.2) is 5.11 Å². The fourth-order valence-electron chi connectivity index (χ4n) is 0.458. The van der Waals surface area contributed by atoms with Crippen molar-refractivity contribution in [3.8, 4) is 0 Å². The molecule has 0 bridgehead atoms. The number of nitrogens with two attached hydrogens (primary N) is 1. The lowest BCUT2D eigenvalue weighted by Gasteiger charge is -1.94. The third-order valence-corrected chi connectivity index (χ3v) is 1.06. The summed E-state index contributed by atoms with van der Waals surface area (Å²) in [5.41, 5.74) is 7.44. The van der Waals surface area contributed by atoms with Crippen molar-refractivity contribution in [2.45, 2.75) is 12.8 Å². The lowest BCUT2D eigenvalue weighted by Crippen LogP contribution is -2.23. The van der Waals surface area contributed by atoms with Crippen molar-refractivity contribution in [3.63, 3.8) is 0 Å². The predicted molar refractivity (Wildman–Crippen MR) is 49.7 cm³/mol. The van der Waals surface area contributed by atoms with Crippen LogP contribution in [0.4, 0.5) is 0 Å². The lowest BCUT2D eigenvalue weighted by molar-refractivity contribution is -0.140. The van der Waals surface area contributed by atoms with E-state index in [1.165, 1.54) is 13.3 Å². The van der Waals surface area contributed by atoms with Gasteiger partial charge in [0.25, 0.3) is 0 Å². The molecule has 0 atom stereocenters. The van der Waals surface area contributed by atoms with Crippen LogP contribution in [0, 0.1) is 0 Å². The maximum atomic E-state index is 10.6. The van der Waals surface area contributed by atoms with Crippen LogP contribution >= 0.6 is 12.2 Å². The third kappa shape index (κ3) is 6.94. The van der Waals surface area contributed by atoms with Gasteiger partial charge in [-0.1, -0.05) is 0 Å². The molecule has 0 spiro atoms. The zero-order chi connectivity index (χ0) is 9.40. The summed E-state index contributed by atoms with van der Waals surface area (Å²) in [4.78, 5) is 10.6. The first kappa shape index (κ1) is 10.8. The number of thiocarbonyl (C=S) groups is 1. The highest BCUT2D eigenvalue weighted by molar-refractivity contribution is 7.80. The second-order valence-electron chi connectivity index (χ2n) is 1.90. The van der Waals surface area contributed by atoms with Crippen molar-refractivity contribution < 1.29 is 9.53 Å². The quantitative estimate of drug-likeness (QED) is 0.276. The van der Waals surface area contributed by atoms with E-state index >= 15 is 0 Å². The molecule has 0 saturated heterocycles. The highest BCUT2D eigenvalue weighted by Gasteiger charge is 1.95. The number of carbonyl (C=O) groups is 1. The molecular weight excluding hydrogens is 178 g/mol. The predicted octanol–water partition coefficient (Wildman–Crippen LogP) is -0.241. The van der Waals surface area contributed by atoms with Gasteiger partial charge in [0.05, 0.1) is 13.5 Å². The van der Waals surface area contributed by atoms with Crippen molar-refractivity contribution in [1.82, 2.24) is 5.43 Å². The Morgan fingerprint density at radius 3 is 3.00 bits per heavy atom. The summed E-state index contributed by atoms with van der Waals surface area (Å²) in [6, 6.07) is 0. The summed E-state index contributed by atoms with van der Waals surface area (Å²) < 4.78 is 4.41. The van der Waals surface area contributed by atoms with Gasteiger partial charge in [-0.05, 0) is 18.6 Å². The van der Waals surface area contributed by atoms with Crippen molar-refractivity contribution >= 4 is 29.5 Å². The van der Waals surface area contributed by atoms with Gasteiger partial charge in [-0.2, -0.15) is 5.10 Å². The van der Waals surface area contributed by atoms with E-state index in [1.54, 1.807) is 0 Å². The number of esters is 1. The van der Waals surface area contributed by atoms with E-state index in [2.05, 4.69) is 27.5 Å². The molecule has 0 amide bonds. The molecule has 0 aliphatic carbocycles. The second kappa shape index (κ2) is 6.53. The number of ether oxygens (including phenoxy) is 1. The van der Waals surface area contributed by atoms with E-state index in [-0.39, 0.29) is 11.1 Å². The smallest absolute Gasteiger partial charge is 0.305 e. The summed E-state index contributed by atoms with van der Waals surface area (Å²) in [5, 5.41) is 3.73. The van der Waals surface area contributed by atoms with Crippen LogP contribution in [0.3, 0.4) is 0 Å². The molecule has 0 rings (SSSR count). The number of carbonyl (C=O) groups excluding carboxylic acids is 1. The van der Waals surface area contributed by atoms with Crippen LogP contribution in [0.5, 0.6) is 0 Å². The fraction of sp³-hybridized carbons (Fsp3) is 0.500. The van der Waals surface area contributed by atoms with Gasteiger partial charge in [-0.15, -0.1) is 0 Å². The molecule has 0 aromatic rings. The van der Waals surface area contributed by atoms with Crippen LogP contribution < -0.4 is 11.2 Å². The minimum Gasteiger partial charge on any atom is -0.469 e. The van der Waals surface area contributed by atoms with Crippen molar-refractivity contribution in [3.05, 3.63) is 0 Å². The van der Waals surface area contributed by atoms with Gasteiger partial charge >= 0.3 is 5.97 Å². The number of hydrogen-bond acceptors (Lipinski definition) is 4. The van der Waals surface area contributed by atoms with Gasteiger partial charge in [0.2, 0.25) is 0 Å². The summed E-state index contributed by atoms with van der Waals surface area (Å²) in [7, 11) is 1.34. The van der Waals surface area contributed by atoms with Crippen LogP contribution in [0.1, 0.15) is 12.8 Å². The van der Waals surface area contributed by atoms with Crippen LogP contribution in [-0.2, 0) is 9.53 Å². The second-order valence-corrected chi connectivity index (χ2v) is 2.34. The van der Waals surface area contributed by atoms with Crippen LogP contribution in [0.15, 0.2) is 5.10 Å². The van der Waals surface area contributed by atoms with E-state index in [9.17, 15) is 4.79 Å². The first-order valence-corrected chi connectivity index (χ1v) is 3.71. The number of nitrogens with zero attached hydrogens (tertiary/aromatic N) is 1. The maximum absolute atomic E-state index is 10.6. The van der Waals surface area contributed by atoms with E-state index in [0.717, 1.165) is 0 Å². The highest BCUT2D eigenvalue weighted by Crippen LogP contribution is 1.87. The highest BCUT2D eigenvalue weighted by atomic mass is 32.1. The minimum atomic E-state index is -0.267. The van der Waals surface area contributed by atoms with Crippen molar-refractivity contribution in [2.24, 2.45) is 10.8 Å². The summed E-state index contributed by atoms with van der Waals surface area (Å²) in [6.07, 6.45) is 2.32. The lowest BCUT2D eigenvalue weighted by atomic mass is 10.3. The van der Waals surface area contributed by atoms with E-state index in [4.69, 9.17) is 5.73 Å². The largest absolute Gasteiger partial charge is 0.469 e. The molecule has 0 fully saturated rings. The van der Waals surface area contributed by atoms with Crippen LogP contribution in [0.25, 0.3) is 0 Å². The Bertz CT molecular complexity index is 193. The average Bonchev–Trinajstić information content (AvgIpc) is 2.03. The monoisotopic (exact) mass is 189 g/mol. The molecule has 0 unspecified atom stereocenters. The molecule has 0 aromatic carbocycles. The Balaban J connectivity index is 3.36. The maximum Gasteiger partial charge on any atom is 0.305 e. The fourth-order valence-corrected chi connectivity index (χ4v) is 0.511. The molecule has 12 heavy (non-hydrogen) atoms. The third-order valence-electron chi connectivity index (χ3n) is 0.971. The van der Waals surface area contributed by atoms with Crippen LogP contribution in [0.2, 0.25) is 0 Å². The van der Waals surface area contributed by atoms with Gasteiger partial charge in [0.1, 0.15) is 0 Å². The SMILES string of the molecule is COC(=O)CC/C=N/NC(N)=S. The van der Waals surface area contributed by atoms with Gasteiger partial charge in [-0.25, -0.2) is 0 Å². The molecule has 0 aliphatic heterocycles. The standard InChI is InChI=1S/C6H11N3O2S/c1-11-5(10)3-2-4-8-9-6(7)12/h4H,2-3H2,1H3,(H3,7,9,12)/b8-4+. The Kier molecular flexibility index (Phi) is 5.90. The number of hydrazone groups is 1. The summed E-state index contributed by atoms with van der Waals surface area (Å²) in [6.45, 7) is 0. The molecule has 0 radical (unpaired) electrons. The molecule has 3 N–H and O–H groups in total. The Morgan fingerprint density at radius 1 is 1.83 bits per heavy atom. The van der Waals surface area contributed by atoms with Gasteiger partial charge in [0, 0.05) is 6.21 Å². The van der Waals surface area contributed by atoms with Crippen molar-refractivity contribution in [2.75, 3.05) is 7.11 Å². The Morgan fingerprint density at radius 2 is 2.50 bits per heavy atom. The summed E-state index contributed by atoms with van der Waals surface area (Å²) in [5.74, 6) is -0.267. The zero-order valence-electron chi connectivity index (χ0n) is 6.74. The van der Waals surface area contributed by atoms with E-state index < -0.39 is 0 Å². The zero-order valence-corrected chi connectivity index (χ0v) is 7.56. The van der Waals surface area contributed by atoms with Gasteiger partial charge < -0.3 is 10.5 Å². The average molecular weight is 189 g/mol. The topological polar surface area (TPSA) is 76.7 Å². The van der Waals surface area contributed by atoms with E-state index in [1.807, 2.05) is 0 Å². The number of methoxy groups -OCH3 is 1. The molecule has 68 valence electrons.